The van der Waals surface area contributed by atoms with E-state index in [9.17, 15) is 19.5 Å². The lowest BCUT2D eigenvalue weighted by molar-refractivity contribution is -0.144. The first-order valence-corrected chi connectivity index (χ1v) is 11.9. The van der Waals surface area contributed by atoms with Crippen molar-refractivity contribution in [2.24, 2.45) is 38.8 Å². The van der Waals surface area contributed by atoms with Gasteiger partial charge in [0.15, 0.2) is 17.7 Å². The summed E-state index contributed by atoms with van der Waals surface area (Å²) >= 11 is 0. The molecule has 0 radical (unpaired) electrons. The quantitative estimate of drug-likeness (QED) is 0.111. The van der Waals surface area contributed by atoms with Crippen molar-refractivity contribution in [1.82, 2.24) is 5.32 Å². The molecule has 0 aliphatic heterocycles. The van der Waals surface area contributed by atoms with E-state index >= 15 is 0 Å². The zero-order chi connectivity index (χ0) is 27.2. The zero-order valence-electron chi connectivity index (χ0n) is 20.6. The van der Waals surface area contributed by atoms with E-state index in [0.717, 1.165) is 11.1 Å². The van der Waals surface area contributed by atoms with Gasteiger partial charge in [0.05, 0.1) is 12.0 Å². The average Bonchev–Trinajstić information content (AvgIpc) is 2.85. The number of aliphatic imine (C=N–C) groups is 2. The second-order valence-electron chi connectivity index (χ2n) is 8.66. The molecule has 0 saturated heterocycles. The molecule has 198 valence electrons. The number of nitrogens with one attached hydrogen (secondary N) is 1. The molecule has 0 spiro atoms. The van der Waals surface area contributed by atoms with Crippen LogP contribution in [0.25, 0.3) is 0 Å². The van der Waals surface area contributed by atoms with E-state index in [0.29, 0.717) is 6.42 Å². The predicted octanol–water partition coefficient (Wildman–Crippen LogP) is 0.312. The van der Waals surface area contributed by atoms with E-state index in [4.69, 9.17) is 22.9 Å². The molecule has 37 heavy (non-hydrogen) atoms. The van der Waals surface area contributed by atoms with Crippen molar-refractivity contribution in [3.8, 4) is 0 Å². The highest BCUT2D eigenvalue weighted by atomic mass is 16.4. The summed E-state index contributed by atoms with van der Waals surface area (Å²) in [5.74, 6) is -3.33. The van der Waals surface area contributed by atoms with Gasteiger partial charge in [-0.2, -0.15) is 0 Å². The molecule has 2 aromatic rings. The van der Waals surface area contributed by atoms with Gasteiger partial charge in [-0.3, -0.25) is 19.4 Å². The first kappa shape index (κ1) is 28.8. The Kier molecular flexibility index (Phi) is 11.6. The number of benzene rings is 2. The Hall–Kier alpha value is -4.41. The van der Waals surface area contributed by atoms with Gasteiger partial charge in [0.1, 0.15) is 6.04 Å². The standard InChI is InChI=1S/C26H35N7O4/c27-25(28)31-13-7-12-20(33-26(29)30)23(35)32-21(15-18-10-5-2-6-11-18)22(34)16-19(24(36)37)14-17-8-3-1-4-9-17/h1-6,8-11,19-21H,7,12-16H2,(H,32,35)(H,36,37)(H4,27,28,31)(H4,29,30,33)/t19-,20+,21+/m1/s1. The molecule has 0 aliphatic rings. The number of nitrogens with zero attached hydrogens (tertiary/aromatic N) is 2. The Balaban J connectivity index is 2.20. The van der Waals surface area contributed by atoms with Crippen LogP contribution in [0.2, 0.25) is 0 Å². The molecule has 0 aromatic heterocycles. The highest BCUT2D eigenvalue weighted by molar-refractivity contribution is 5.93. The van der Waals surface area contributed by atoms with Gasteiger partial charge in [-0.05, 0) is 36.8 Å². The molecule has 10 N–H and O–H groups in total. The summed E-state index contributed by atoms with van der Waals surface area (Å²) in [6.07, 6.45) is 0.779. The van der Waals surface area contributed by atoms with E-state index in [1.54, 1.807) is 0 Å². The monoisotopic (exact) mass is 509 g/mol. The molecule has 0 bridgehead atoms. The fraction of sp³-hybridized carbons (Fsp3) is 0.346. The second-order valence-corrected chi connectivity index (χ2v) is 8.66. The summed E-state index contributed by atoms with van der Waals surface area (Å²) in [4.78, 5) is 46.3. The molecule has 0 heterocycles. The number of ketones is 1. The summed E-state index contributed by atoms with van der Waals surface area (Å²) in [5.41, 5.74) is 23.3. The lowest BCUT2D eigenvalue weighted by atomic mass is 9.90. The highest BCUT2D eigenvalue weighted by Crippen LogP contribution is 2.16. The van der Waals surface area contributed by atoms with E-state index in [2.05, 4.69) is 15.3 Å². The number of guanidine groups is 2. The van der Waals surface area contributed by atoms with Crippen LogP contribution in [0.4, 0.5) is 0 Å². The molecule has 2 aromatic carbocycles. The molecule has 1 amide bonds. The van der Waals surface area contributed by atoms with Crippen molar-refractivity contribution in [3.63, 3.8) is 0 Å². The van der Waals surface area contributed by atoms with E-state index in [1.807, 2.05) is 60.7 Å². The molecule has 0 saturated carbocycles. The Morgan fingerprint density at radius 3 is 1.92 bits per heavy atom. The van der Waals surface area contributed by atoms with Crippen LogP contribution < -0.4 is 28.3 Å². The minimum atomic E-state index is -1.08. The van der Waals surface area contributed by atoms with Gasteiger partial charge in [-0.1, -0.05) is 60.7 Å². The van der Waals surface area contributed by atoms with Gasteiger partial charge in [-0.25, -0.2) is 4.99 Å². The summed E-state index contributed by atoms with van der Waals surface area (Å²) in [6, 6.07) is 16.3. The third kappa shape index (κ3) is 10.8. The predicted molar refractivity (Wildman–Crippen MR) is 142 cm³/mol. The minimum Gasteiger partial charge on any atom is -0.481 e. The Bertz CT molecular complexity index is 1080. The number of carbonyl (C=O) groups is 3. The molecular weight excluding hydrogens is 474 g/mol. The largest absolute Gasteiger partial charge is 0.481 e. The van der Waals surface area contributed by atoms with Crippen molar-refractivity contribution in [2.45, 2.75) is 44.2 Å². The van der Waals surface area contributed by atoms with E-state index < -0.39 is 35.7 Å². The van der Waals surface area contributed by atoms with Gasteiger partial charge in [0.25, 0.3) is 0 Å². The van der Waals surface area contributed by atoms with Crippen molar-refractivity contribution in [3.05, 3.63) is 71.8 Å². The normalized spacial score (nSPS) is 13.0. The first-order valence-electron chi connectivity index (χ1n) is 11.9. The molecule has 3 atom stereocenters. The maximum Gasteiger partial charge on any atom is 0.307 e. The SMILES string of the molecule is NC(N)=NCCC[C@H](N=C(N)N)C(=O)N[C@@H](Cc1ccccc1)C(=O)C[C@@H](Cc1ccccc1)C(=O)O. The Morgan fingerprint density at radius 2 is 1.41 bits per heavy atom. The number of hydrogen-bond acceptors (Lipinski definition) is 5. The maximum atomic E-state index is 13.4. The van der Waals surface area contributed by atoms with Gasteiger partial charge in [0, 0.05) is 13.0 Å². The van der Waals surface area contributed by atoms with E-state index in [1.165, 1.54) is 0 Å². The number of hydrogen-bond donors (Lipinski definition) is 6. The number of nitrogens with two attached hydrogens (primary N) is 4. The summed E-state index contributed by atoms with van der Waals surface area (Å²) in [5, 5.41) is 12.5. The highest BCUT2D eigenvalue weighted by Gasteiger charge is 2.29. The van der Waals surface area contributed by atoms with Gasteiger partial charge in [-0.15, -0.1) is 0 Å². The number of rotatable bonds is 15. The first-order chi connectivity index (χ1) is 17.7. The van der Waals surface area contributed by atoms with Crippen LogP contribution in [0.5, 0.6) is 0 Å². The molecule has 0 fully saturated rings. The third-order valence-electron chi connectivity index (χ3n) is 5.65. The smallest absolute Gasteiger partial charge is 0.307 e. The Morgan fingerprint density at radius 1 is 0.838 bits per heavy atom. The molecule has 2 rings (SSSR count). The van der Waals surface area contributed by atoms with Crippen LogP contribution in [0.1, 0.15) is 30.4 Å². The number of amides is 1. The summed E-state index contributed by atoms with van der Waals surface area (Å²) in [7, 11) is 0. The fourth-order valence-electron chi connectivity index (χ4n) is 3.82. The van der Waals surface area contributed by atoms with Gasteiger partial charge in [0.2, 0.25) is 5.91 Å². The fourth-order valence-corrected chi connectivity index (χ4v) is 3.82. The molecule has 11 heteroatoms. The van der Waals surface area contributed by atoms with Crippen LogP contribution in [-0.4, -0.2) is 53.3 Å². The number of carboxylic acid groups (broad SMARTS) is 1. The van der Waals surface area contributed by atoms with Gasteiger partial charge >= 0.3 is 5.97 Å². The van der Waals surface area contributed by atoms with Crippen LogP contribution in [-0.2, 0) is 27.2 Å². The zero-order valence-corrected chi connectivity index (χ0v) is 20.6. The third-order valence-corrected chi connectivity index (χ3v) is 5.65. The van der Waals surface area contributed by atoms with Crippen molar-refractivity contribution < 1.29 is 19.5 Å². The maximum absolute atomic E-state index is 13.4. The van der Waals surface area contributed by atoms with Crippen molar-refractivity contribution >= 4 is 29.6 Å². The van der Waals surface area contributed by atoms with Gasteiger partial charge < -0.3 is 33.4 Å². The number of carbonyl (C=O) groups excluding carboxylic acids is 2. The van der Waals surface area contributed by atoms with Crippen molar-refractivity contribution in [2.75, 3.05) is 6.54 Å². The van der Waals surface area contributed by atoms with Crippen LogP contribution in [0.15, 0.2) is 70.6 Å². The van der Waals surface area contributed by atoms with E-state index in [-0.39, 0.29) is 44.1 Å². The second kappa shape index (κ2) is 14.9. The number of Topliss-reactive ketones (excluding diaryl/α,β-unsaturated/α-hetero) is 1. The van der Waals surface area contributed by atoms with Crippen LogP contribution in [0.3, 0.4) is 0 Å². The van der Waals surface area contributed by atoms with Crippen LogP contribution in [0, 0.1) is 5.92 Å². The minimum absolute atomic E-state index is 0.0696. The number of aliphatic carboxylic acids is 1. The molecular formula is C26H35N7O4. The Labute approximate surface area is 216 Å². The lowest BCUT2D eigenvalue weighted by Crippen LogP contribution is -2.47. The summed E-state index contributed by atoms with van der Waals surface area (Å²) < 4.78 is 0. The molecule has 11 nitrogen and oxygen atoms in total. The molecule has 0 unspecified atom stereocenters. The average molecular weight is 510 g/mol. The van der Waals surface area contributed by atoms with Crippen LogP contribution >= 0.6 is 0 Å². The molecule has 0 aliphatic carbocycles. The lowest BCUT2D eigenvalue weighted by Gasteiger charge is -2.22. The number of carboxylic acids is 1. The summed E-state index contributed by atoms with van der Waals surface area (Å²) in [6.45, 7) is 0.276. The van der Waals surface area contributed by atoms with Crippen molar-refractivity contribution in [1.29, 1.82) is 0 Å². The topological polar surface area (TPSA) is 212 Å².